The molecule has 0 saturated carbocycles. The molecule has 1 heterocycles. The number of rotatable bonds is 1. The molecule has 1 aromatic heterocycles. The van der Waals surface area contributed by atoms with Crippen LogP contribution in [0.2, 0.25) is 0 Å². The molecule has 2 aromatic rings. The van der Waals surface area contributed by atoms with Crippen molar-refractivity contribution in [3.8, 4) is 0 Å². The van der Waals surface area contributed by atoms with Crippen molar-refractivity contribution in [1.29, 1.82) is 0 Å². The molecule has 20 heavy (non-hydrogen) atoms. The summed E-state index contributed by atoms with van der Waals surface area (Å²) < 4.78 is 6.15. The minimum atomic E-state index is -1.51. The smallest absolute Gasteiger partial charge is 0.369 e. The Morgan fingerprint density at radius 1 is 1.20 bits per heavy atom. The Morgan fingerprint density at radius 3 is 2.10 bits per heavy atom. The van der Waals surface area contributed by atoms with Crippen molar-refractivity contribution >= 4 is 61.4 Å². The molecule has 0 spiro atoms. The van der Waals surface area contributed by atoms with Crippen molar-refractivity contribution in [1.82, 2.24) is 9.78 Å². The molecule has 0 radical (unpaired) electrons. The standard InChI is InChI=1S/C9H10N2O2.C2H6O.BBr3/c1-11-7-5-3-2-4-6(7)8(10-11)9(12)13;1-3-2;2-1(3)4/h2-5,9,12-13H,1H3;1-2H3;. The summed E-state index contributed by atoms with van der Waals surface area (Å²) in [6.07, 6.45) is -1.51. The van der Waals surface area contributed by atoms with E-state index in [0.29, 0.717) is 5.69 Å². The quantitative estimate of drug-likeness (QED) is 0.493. The maximum atomic E-state index is 9.01. The van der Waals surface area contributed by atoms with Gasteiger partial charge in [-0.05, 0) is 6.07 Å². The molecule has 9 heteroatoms. The highest BCUT2D eigenvalue weighted by Gasteiger charge is 2.12. The maximum absolute atomic E-state index is 9.01. The average molecular weight is 475 g/mol. The summed E-state index contributed by atoms with van der Waals surface area (Å²) in [5.74, 6) is 0. The Kier molecular flexibility index (Phi) is 10.8. The highest BCUT2D eigenvalue weighted by atomic mass is 79.9. The van der Waals surface area contributed by atoms with Crippen LogP contribution in [0.1, 0.15) is 12.0 Å². The van der Waals surface area contributed by atoms with E-state index in [2.05, 4.69) is 57.1 Å². The van der Waals surface area contributed by atoms with E-state index < -0.39 is 6.29 Å². The van der Waals surface area contributed by atoms with Gasteiger partial charge >= 0.3 is 3.18 Å². The molecule has 0 aliphatic carbocycles. The third-order valence-corrected chi connectivity index (χ3v) is 2.03. The Bertz CT molecular complexity index is 506. The van der Waals surface area contributed by atoms with E-state index in [4.69, 9.17) is 10.2 Å². The monoisotopic (exact) mass is 472 g/mol. The van der Waals surface area contributed by atoms with E-state index in [-0.39, 0.29) is 3.18 Å². The van der Waals surface area contributed by atoms with Gasteiger partial charge in [0.05, 0.1) is 5.52 Å². The number of hydrogen-bond donors (Lipinski definition) is 2. The largest absolute Gasteiger partial charge is 0.388 e. The van der Waals surface area contributed by atoms with Gasteiger partial charge < -0.3 is 14.9 Å². The van der Waals surface area contributed by atoms with E-state index in [9.17, 15) is 0 Å². The summed E-state index contributed by atoms with van der Waals surface area (Å²) in [5.41, 5.74) is 1.20. The first kappa shape index (κ1) is 20.1. The molecule has 112 valence electrons. The highest BCUT2D eigenvalue weighted by molar-refractivity contribution is 9.69. The minimum absolute atomic E-state index is 0.271. The number of methoxy groups -OCH3 is 1. The number of aryl methyl sites for hydroxylation is 1. The predicted octanol–water partition coefficient (Wildman–Crippen LogP) is 2.98. The number of ether oxygens (including phenoxy) is 1. The maximum Gasteiger partial charge on any atom is 0.369 e. The number of nitrogens with zero attached hydrogens (tertiary/aromatic N) is 2. The first-order valence-electron chi connectivity index (χ1n) is 5.45. The van der Waals surface area contributed by atoms with Crippen molar-refractivity contribution in [2.75, 3.05) is 14.2 Å². The molecule has 0 aliphatic rings. The van der Waals surface area contributed by atoms with Crippen molar-refractivity contribution in [3.63, 3.8) is 0 Å². The average Bonchev–Trinajstić information content (AvgIpc) is 2.68. The van der Waals surface area contributed by atoms with Crippen LogP contribution in [0.25, 0.3) is 10.9 Å². The summed E-state index contributed by atoms with van der Waals surface area (Å²) in [6, 6.07) is 7.43. The summed E-state index contributed by atoms with van der Waals surface area (Å²) in [6.45, 7) is 0. The molecular weight excluding hydrogens is 459 g/mol. The van der Waals surface area contributed by atoms with Crippen LogP contribution < -0.4 is 0 Å². The first-order valence-corrected chi connectivity index (χ1v) is 8.20. The fraction of sp³-hybridized carbons (Fsp3) is 0.364. The number of aliphatic hydroxyl groups excluding tert-OH is 1. The summed E-state index contributed by atoms with van der Waals surface area (Å²) in [4.78, 5) is 0. The van der Waals surface area contributed by atoms with Crippen LogP contribution in [-0.4, -0.2) is 37.4 Å². The number of hydrogen-bond acceptors (Lipinski definition) is 4. The molecule has 0 aliphatic heterocycles. The number of benzene rings is 1. The fourth-order valence-electron chi connectivity index (χ4n) is 1.43. The van der Waals surface area contributed by atoms with E-state index in [0.717, 1.165) is 10.9 Å². The lowest BCUT2D eigenvalue weighted by atomic mass is 10.2. The van der Waals surface area contributed by atoms with Crippen LogP contribution in [0.4, 0.5) is 0 Å². The van der Waals surface area contributed by atoms with Gasteiger partial charge in [-0.25, -0.2) is 0 Å². The third kappa shape index (κ3) is 7.19. The molecule has 0 unspecified atom stereocenters. The Hall–Kier alpha value is 0.0749. The molecule has 1 aromatic carbocycles. The van der Waals surface area contributed by atoms with Gasteiger partial charge in [0.15, 0.2) is 6.29 Å². The molecular formula is C11H16BBr3N2O3. The Morgan fingerprint density at radius 2 is 1.65 bits per heavy atom. The van der Waals surface area contributed by atoms with Crippen molar-refractivity contribution in [2.24, 2.45) is 7.05 Å². The molecule has 2 rings (SSSR count). The second-order valence-electron chi connectivity index (χ2n) is 3.56. The Labute approximate surface area is 143 Å². The first-order chi connectivity index (χ1) is 9.34. The lowest BCUT2D eigenvalue weighted by Gasteiger charge is -1.97. The van der Waals surface area contributed by atoms with Gasteiger partial charge in [-0.3, -0.25) is 4.68 Å². The minimum Gasteiger partial charge on any atom is -0.388 e. The molecule has 0 saturated heterocycles. The van der Waals surface area contributed by atoms with Crippen molar-refractivity contribution in [3.05, 3.63) is 30.0 Å². The van der Waals surface area contributed by atoms with E-state index >= 15 is 0 Å². The van der Waals surface area contributed by atoms with Gasteiger partial charge in [0.2, 0.25) is 0 Å². The van der Waals surface area contributed by atoms with Gasteiger partial charge in [-0.15, -0.1) is 47.3 Å². The van der Waals surface area contributed by atoms with Crippen LogP contribution in [0.15, 0.2) is 24.3 Å². The molecule has 0 fully saturated rings. The lowest BCUT2D eigenvalue weighted by molar-refractivity contribution is -0.0450. The second-order valence-corrected chi connectivity index (χ2v) is 9.99. The highest BCUT2D eigenvalue weighted by Crippen LogP contribution is 2.21. The van der Waals surface area contributed by atoms with Gasteiger partial charge in [0.1, 0.15) is 5.69 Å². The topological polar surface area (TPSA) is 67.5 Å². The SMILES string of the molecule is BrB(Br)Br.COC.Cn1nc(C(O)O)c2ccccc21. The molecule has 0 atom stereocenters. The molecule has 0 bridgehead atoms. The Balaban J connectivity index is 0.000000438. The lowest BCUT2D eigenvalue weighted by Crippen LogP contribution is -1.97. The van der Waals surface area contributed by atoms with E-state index in [1.165, 1.54) is 0 Å². The molecule has 2 N–H and O–H groups in total. The van der Waals surface area contributed by atoms with Crippen molar-refractivity contribution < 1.29 is 14.9 Å². The second kappa shape index (κ2) is 10.8. The normalized spacial score (nSPS) is 9.65. The number of para-hydroxylation sites is 1. The molecule has 0 amide bonds. The number of aromatic nitrogens is 2. The van der Waals surface area contributed by atoms with Crippen molar-refractivity contribution in [2.45, 2.75) is 6.29 Å². The van der Waals surface area contributed by atoms with Gasteiger partial charge in [0, 0.05) is 26.7 Å². The zero-order valence-electron chi connectivity index (χ0n) is 11.3. The molecule has 5 nitrogen and oxygen atoms in total. The van der Waals surface area contributed by atoms with E-state index in [1.807, 2.05) is 24.3 Å². The number of halogens is 3. The third-order valence-electron chi connectivity index (χ3n) is 2.03. The number of fused-ring (bicyclic) bond motifs is 1. The number of aliphatic hydroxyl groups is 2. The van der Waals surface area contributed by atoms with Gasteiger partial charge in [-0.1, -0.05) is 18.2 Å². The van der Waals surface area contributed by atoms with E-state index in [1.54, 1.807) is 25.9 Å². The summed E-state index contributed by atoms with van der Waals surface area (Å²) in [7, 11) is 5.02. The summed E-state index contributed by atoms with van der Waals surface area (Å²) in [5, 5.41) is 22.8. The van der Waals surface area contributed by atoms with Crippen LogP contribution >= 0.6 is 47.3 Å². The fourth-order valence-corrected chi connectivity index (χ4v) is 1.43. The van der Waals surface area contributed by atoms with Crippen LogP contribution in [0, 0.1) is 0 Å². The zero-order chi connectivity index (χ0) is 15.7. The van der Waals surface area contributed by atoms with Gasteiger partial charge in [-0.2, -0.15) is 5.10 Å². The van der Waals surface area contributed by atoms with Crippen LogP contribution in [0.3, 0.4) is 0 Å². The van der Waals surface area contributed by atoms with Gasteiger partial charge in [0.25, 0.3) is 0 Å². The summed E-state index contributed by atoms with van der Waals surface area (Å²) >= 11 is 9.31. The predicted molar refractivity (Wildman–Crippen MR) is 93.4 cm³/mol. The van der Waals surface area contributed by atoms with Crippen LogP contribution in [-0.2, 0) is 11.8 Å². The zero-order valence-corrected chi connectivity index (χ0v) is 16.1. The van der Waals surface area contributed by atoms with Crippen LogP contribution in [0.5, 0.6) is 0 Å².